The summed E-state index contributed by atoms with van der Waals surface area (Å²) in [4.78, 5) is 13.2. The Morgan fingerprint density at radius 3 is 2.35 bits per heavy atom. The van der Waals surface area contributed by atoms with Crippen LogP contribution in [0.15, 0.2) is 0 Å². The second kappa shape index (κ2) is 7.30. The molecule has 2 bridgehead atoms. The van der Waals surface area contributed by atoms with Crippen molar-refractivity contribution < 1.29 is 14.3 Å². The number of Topliss-reactive ketones (excluding diaryl/α,β-unsaturated/α-hetero) is 1. The standard InChI is InChI=1S/C26H45ClO3Si/c1-23(2,3)31(7,8)30-19-10-9-12-25(6)17(19)15-18-21(29)22(27)26(18)13-11-16(14-20(25)28)24(26,4)5/h16-20,22,28H,9-15H2,1-8H3/t16-,17-,18+,19-,20-,22-,25+,26+/m0/s1. The van der Waals surface area contributed by atoms with Crippen molar-refractivity contribution in [2.45, 2.75) is 122 Å². The van der Waals surface area contributed by atoms with E-state index in [0.29, 0.717) is 5.92 Å². The maximum atomic E-state index is 13.2. The maximum absolute atomic E-state index is 13.2. The first-order valence-electron chi connectivity index (χ1n) is 12.6. The molecule has 0 aromatic carbocycles. The molecule has 0 radical (unpaired) electrons. The van der Waals surface area contributed by atoms with Crippen LogP contribution in [-0.2, 0) is 9.22 Å². The molecule has 0 saturated heterocycles. The van der Waals surface area contributed by atoms with Crippen LogP contribution in [0.1, 0.15) is 86.5 Å². The van der Waals surface area contributed by atoms with Gasteiger partial charge in [0.2, 0.25) is 0 Å². The van der Waals surface area contributed by atoms with E-state index in [0.717, 1.165) is 44.9 Å². The van der Waals surface area contributed by atoms with E-state index in [2.05, 4.69) is 54.6 Å². The lowest BCUT2D eigenvalue weighted by molar-refractivity contribution is -0.158. The lowest BCUT2D eigenvalue weighted by atomic mass is 9.46. The summed E-state index contributed by atoms with van der Waals surface area (Å²) in [5.74, 6) is 0.922. The fourth-order valence-corrected chi connectivity index (χ4v) is 9.96. The van der Waals surface area contributed by atoms with Crippen LogP contribution in [0.3, 0.4) is 0 Å². The van der Waals surface area contributed by atoms with Crippen molar-refractivity contribution in [3.05, 3.63) is 0 Å². The minimum atomic E-state index is -1.96. The lowest BCUT2D eigenvalue weighted by Crippen LogP contribution is -2.65. The molecule has 0 unspecified atom stereocenters. The molecule has 8 atom stereocenters. The zero-order valence-electron chi connectivity index (χ0n) is 21.1. The Kier molecular flexibility index (Phi) is 5.70. The first-order valence-corrected chi connectivity index (χ1v) is 16.0. The van der Waals surface area contributed by atoms with Gasteiger partial charge in [-0.1, -0.05) is 48.0 Å². The van der Waals surface area contributed by atoms with Gasteiger partial charge in [0.15, 0.2) is 14.1 Å². The number of hydrogen-bond acceptors (Lipinski definition) is 3. The van der Waals surface area contributed by atoms with Crippen LogP contribution in [-0.4, -0.2) is 36.8 Å². The van der Waals surface area contributed by atoms with Gasteiger partial charge in [0, 0.05) is 17.4 Å². The van der Waals surface area contributed by atoms with Crippen molar-refractivity contribution in [1.82, 2.24) is 0 Å². The summed E-state index contributed by atoms with van der Waals surface area (Å²) in [6.45, 7) is 18.5. The van der Waals surface area contributed by atoms with E-state index in [4.69, 9.17) is 16.0 Å². The van der Waals surface area contributed by atoms with Gasteiger partial charge in [-0.25, -0.2) is 0 Å². The van der Waals surface area contributed by atoms with Crippen LogP contribution >= 0.6 is 11.6 Å². The number of halogens is 1. The fraction of sp³-hybridized carbons (Fsp3) is 0.962. The Labute approximate surface area is 196 Å². The van der Waals surface area contributed by atoms with Gasteiger partial charge in [-0.2, -0.15) is 0 Å². The molecular weight excluding hydrogens is 424 g/mol. The second-order valence-electron chi connectivity index (χ2n) is 13.7. The second-order valence-corrected chi connectivity index (χ2v) is 18.9. The predicted octanol–water partition coefficient (Wildman–Crippen LogP) is 6.57. The average molecular weight is 469 g/mol. The molecular formula is C26H45ClO3Si. The fourth-order valence-electron chi connectivity index (χ4n) is 7.88. The first kappa shape index (κ1) is 24.2. The van der Waals surface area contributed by atoms with Crippen LogP contribution < -0.4 is 0 Å². The van der Waals surface area contributed by atoms with E-state index in [1.54, 1.807) is 0 Å². The Hall–Kier alpha value is 0.0969. The minimum Gasteiger partial charge on any atom is -0.414 e. The summed E-state index contributed by atoms with van der Waals surface area (Å²) in [6, 6.07) is 0. The summed E-state index contributed by atoms with van der Waals surface area (Å²) in [7, 11) is -1.96. The molecule has 4 aliphatic rings. The average Bonchev–Trinajstić information content (AvgIpc) is 2.92. The number of fused-ring (bicyclic) bond motifs is 2. The van der Waals surface area contributed by atoms with Gasteiger partial charge in [-0.05, 0) is 79.3 Å². The monoisotopic (exact) mass is 468 g/mol. The number of rotatable bonds is 2. The predicted molar refractivity (Wildman–Crippen MR) is 130 cm³/mol. The molecule has 4 saturated carbocycles. The first-order chi connectivity index (χ1) is 14.1. The van der Waals surface area contributed by atoms with E-state index in [1.165, 1.54) is 0 Å². The molecule has 4 rings (SSSR count). The highest BCUT2D eigenvalue weighted by molar-refractivity contribution is 6.74. The van der Waals surface area contributed by atoms with Gasteiger partial charge in [-0.15, -0.1) is 11.6 Å². The minimum absolute atomic E-state index is 0.0153. The van der Waals surface area contributed by atoms with Crippen molar-refractivity contribution in [2.75, 3.05) is 0 Å². The number of aliphatic hydroxyl groups excluding tert-OH is 1. The summed E-state index contributed by atoms with van der Waals surface area (Å²) in [5.41, 5.74) is -0.316. The largest absolute Gasteiger partial charge is 0.414 e. The number of ketones is 1. The molecule has 5 heteroatoms. The summed E-state index contributed by atoms with van der Waals surface area (Å²) >= 11 is 6.83. The van der Waals surface area contributed by atoms with Crippen LogP contribution in [0, 0.1) is 34.0 Å². The molecule has 0 aromatic rings. The van der Waals surface area contributed by atoms with Crippen LogP contribution in [0.5, 0.6) is 0 Å². The molecule has 1 N–H and O–H groups in total. The highest BCUT2D eigenvalue weighted by atomic mass is 35.5. The number of alkyl halides is 1. The molecule has 0 amide bonds. The van der Waals surface area contributed by atoms with Crippen LogP contribution in [0.4, 0.5) is 0 Å². The normalized spacial score (nSPS) is 47.5. The van der Waals surface area contributed by atoms with Crippen molar-refractivity contribution in [3.8, 4) is 0 Å². The molecule has 31 heavy (non-hydrogen) atoms. The van der Waals surface area contributed by atoms with Gasteiger partial charge in [0.1, 0.15) is 0 Å². The topological polar surface area (TPSA) is 46.5 Å². The molecule has 3 nitrogen and oxygen atoms in total. The quantitative estimate of drug-likeness (QED) is 0.368. The van der Waals surface area contributed by atoms with Gasteiger partial charge in [-0.3, -0.25) is 4.79 Å². The third-order valence-corrected chi connectivity index (χ3v) is 16.4. The number of aliphatic hydroxyl groups is 1. The van der Waals surface area contributed by atoms with Crippen molar-refractivity contribution in [3.63, 3.8) is 0 Å². The van der Waals surface area contributed by atoms with Crippen molar-refractivity contribution in [1.29, 1.82) is 0 Å². The summed E-state index contributed by atoms with van der Waals surface area (Å²) < 4.78 is 7.05. The Bertz CT molecular complexity index is 743. The smallest absolute Gasteiger partial charge is 0.192 e. The van der Waals surface area contributed by atoms with E-state index in [9.17, 15) is 9.90 Å². The molecule has 4 fully saturated rings. The van der Waals surface area contributed by atoms with Crippen LogP contribution in [0.25, 0.3) is 0 Å². The zero-order valence-corrected chi connectivity index (χ0v) is 22.8. The highest BCUT2D eigenvalue weighted by Gasteiger charge is 2.72. The molecule has 178 valence electrons. The van der Waals surface area contributed by atoms with Crippen LogP contribution in [0.2, 0.25) is 18.1 Å². The van der Waals surface area contributed by atoms with E-state index >= 15 is 0 Å². The molecule has 1 spiro atoms. The Balaban J connectivity index is 1.75. The third-order valence-electron chi connectivity index (χ3n) is 11.3. The van der Waals surface area contributed by atoms with Gasteiger partial charge in [0.25, 0.3) is 0 Å². The Morgan fingerprint density at radius 2 is 1.74 bits per heavy atom. The van der Waals surface area contributed by atoms with Crippen molar-refractivity contribution >= 4 is 25.7 Å². The highest BCUT2D eigenvalue weighted by Crippen LogP contribution is 2.72. The number of carbonyl (C=O) groups is 1. The summed E-state index contributed by atoms with van der Waals surface area (Å²) in [6.07, 6.45) is 6.74. The van der Waals surface area contributed by atoms with E-state index < -0.39 is 8.32 Å². The number of carbonyl (C=O) groups excluding carboxylic acids is 1. The zero-order chi connectivity index (χ0) is 23.2. The van der Waals surface area contributed by atoms with Crippen molar-refractivity contribution in [2.24, 2.45) is 34.0 Å². The SMILES string of the molecule is CC1(C)[C@H]2CC[C@]13[C@H](C[C@H]1[C@@H](O[Si](C)(C)C(C)(C)C)CCC[C@@]1(C)[C@@H](O)C2)C(=O)[C@@H]3Cl. The van der Waals surface area contributed by atoms with E-state index in [1.807, 2.05) is 0 Å². The summed E-state index contributed by atoms with van der Waals surface area (Å²) in [5, 5.41) is 11.5. The molecule has 0 aromatic heterocycles. The van der Waals surface area contributed by atoms with Gasteiger partial charge >= 0.3 is 0 Å². The molecule has 4 aliphatic carbocycles. The molecule has 0 heterocycles. The Morgan fingerprint density at radius 1 is 1.10 bits per heavy atom. The van der Waals surface area contributed by atoms with Gasteiger partial charge in [0.05, 0.1) is 11.5 Å². The number of hydrogen-bond donors (Lipinski definition) is 1. The maximum Gasteiger partial charge on any atom is 0.192 e. The van der Waals surface area contributed by atoms with E-state index in [-0.39, 0.29) is 56.5 Å². The lowest BCUT2D eigenvalue weighted by Gasteiger charge is -2.60. The van der Waals surface area contributed by atoms with Gasteiger partial charge < -0.3 is 9.53 Å². The molecule has 0 aliphatic heterocycles. The third kappa shape index (κ3) is 3.21.